The summed E-state index contributed by atoms with van der Waals surface area (Å²) >= 11 is 0. The molecule has 0 atom stereocenters. The molecule has 1 N–H and O–H groups in total. The van der Waals surface area contributed by atoms with E-state index in [1.165, 1.54) is 0 Å². The van der Waals surface area contributed by atoms with Crippen LogP contribution in [0.3, 0.4) is 0 Å². The molecule has 12 heavy (non-hydrogen) atoms. The van der Waals surface area contributed by atoms with Crippen LogP contribution in [0.2, 0.25) is 0 Å². The molecule has 0 saturated carbocycles. The molecule has 0 bridgehead atoms. The summed E-state index contributed by atoms with van der Waals surface area (Å²) < 4.78 is 0. The zero-order valence-electron chi connectivity index (χ0n) is 6.77. The Morgan fingerprint density at radius 3 is 1.75 bits per heavy atom. The Bertz CT molecular complexity index is 203. The Kier molecular flexibility index (Phi) is 17.5. The Balaban J connectivity index is -0.000000144. The normalized spacial score (nSPS) is 5.83. The fourth-order valence-electron chi connectivity index (χ4n) is 0.544. The van der Waals surface area contributed by atoms with Gasteiger partial charge in [-0.05, 0) is 13.8 Å². The summed E-state index contributed by atoms with van der Waals surface area (Å²) in [5, 5.41) is 12.5. The molecule has 0 radical (unpaired) electrons. The smallest absolute Gasteiger partial charge is 0.512 e. The summed E-state index contributed by atoms with van der Waals surface area (Å²) in [6.45, 7) is 13.4. The van der Waals surface area contributed by atoms with E-state index >= 15 is 0 Å². The first kappa shape index (κ1) is 17.0. The van der Waals surface area contributed by atoms with E-state index in [2.05, 4.69) is 9.97 Å². The molecule has 0 aliphatic rings. The predicted molar refractivity (Wildman–Crippen MR) is 38.0 cm³/mol. The molecular weight excluding hydrogens is 196 g/mol. The van der Waals surface area contributed by atoms with Crippen LogP contribution >= 0.6 is 0 Å². The number of nitrogens with one attached hydrogen (secondary N) is 1. The monoisotopic (exact) mass is 204 g/mol. The van der Waals surface area contributed by atoms with Crippen LogP contribution in [0.5, 0.6) is 0 Å². The average Bonchev–Trinajstić information content (AvgIpc) is 2.43. The van der Waals surface area contributed by atoms with E-state index in [1.54, 1.807) is 0 Å². The van der Waals surface area contributed by atoms with Crippen molar-refractivity contribution in [1.82, 2.24) is 9.97 Å². The predicted octanol–water partition coefficient (Wildman–Crippen LogP) is 1.22. The van der Waals surface area contributed by atoms with E-state index in [9.17, 15) is 0 Å². The van der Waals surface area contributed by atoms with Gasteiger partial charge in [0, 0.05) is 11.9 Å². The van der Waals surface area contributed by atoms with Gasteiger partial charge in [0.05, 0.1) is 0 Å². The van der Waals surface area contributed by atoms with Crippen LogP contribution in [0.25, 0.3) is 0 Å². The number of nitrogens with zero attached hydrogens (tertiary/aromatic N) is 3. The van der Waals surface area contributed by atoms with Crippen molar-refractivity contribution >= 4 is 0 Å². The first-order chi connectivity index (χ1) is 5.29. The maximum absolute atomic E-state index is 6.25. The third-order valence-corrected chi connectivity index (χ3v) is 0.830. The molecule has 5 heteroatoms. The van der Waals surface area contributed by atoms with E-state index < -0.39 is 0 Å². The Labute approximate surface area is 82.7 Å². The van der Waals surface area contributed by atoms with E-state index in [0.717, 1.165) is 11.5 Å². The van der Waals surface area contributed by atoms with Crippen molar-refractivity contribution < 1.29 is 17.1 Å². The van der Waals surface area contributed by atoms with Crippen molar-refractivity contribution in [1.29, 1.82) is 10.5 Å². The van der Waals surface area contributed by atoms with Gasteiger partial charge in [-0.3, -0.25) is 0 Å². The minimum absolute atomic E-state index is 0. The van der Waals surface area contributed by atoms with Crippen LogP contribution in [0.4, 0.5) is 0 Å². The summed E-state index contributed by atoms with van der Waals surface area (Å²) in [6.07, 6.45) is 1.81. The topological polar surface area (TPSA) is 76.3 Å². The molecule has 0 saturated heterocycles. The second kappa shape index (κ2) is 12.4. The molecule has 64 valence electrons. The van der Waals surface area contributed by atoms with Gasteiger partial charge in [-0.15, -0.1) is 0 Å². The molecule has 0 unspecified atom stereocenters. The summed E-state index contributed by atoms with van der Waals surface area (Å²) in [6, 6.07) is 0. The van der Waals surface area contributed by atoms with Crippen molar-refractivity contribution in [3.05, 3.63) is 30.9 Å². The molecular formula is C7H8FeN4. The number of aromatic amines is 1. The van der Waals surface area contributed by atoms with Crippen molar-refractivity contribution in [2.45, 2.75) is 13.8 Å². The molecule has 0 amide bonds. The second-order valence-electron chi connectivity index (χ2n) is 1.65. The molecule has 1 rings (SSSR count). The maximum Gasteiger partial charge on any atom is 2.00 e. The fraction of sp³-hybridized carbons (Fsp3) is 0.286. The van der Waals surface area contributed by atoms with E-state index in [1.807, 2.05) is 20.0 Å². The molecule has 0 fully saturated rings. The summed E-state index contributed by atoms with van der Waals surface area (Å²) in [5.74, 6) is 0.984. The Morgan fingerprint density at radius 1 is 1.25 bits per heavy atom. The van der Waals surface area contributed by atoms with Crippen LogP contribution < -0.4 is 0 Å². The summed E-state index contributed by atoms with van der Waals surface area (Å²) in [5.41, 5.74) is 1.12. The van der Waals surface area contributed by atoms with Crippen LogP contribution in [-0.2, 0) is 17.1 Å². The number of hydrogen-bond donors (Lipinski definition) is 1. The second-order valence-corrected chi connectivity index (χ2v) is 1.65. The van der Waals surface area contributed by atoms with Crippen molar-refractivity contribution in [3.63, 3.8) is 0 Å². The number of rotatable bonds is 0. The third-order valence-electron chi connectivity index (χ3n) is 0.830. The average molecular weight is 204 g/mol. The van der Waals surface area contributed by atoms with Crippen LogP contribution in [0, 0.1) is 37.5 Å². The molecule has 0 aliphatic carbocycles. The van der Waals surface area contributed by atoms with Crippen LogP contribution in [-0.4, -0.2) is 9.97 Å². The molecule has 1 aromatic heterocycles. The first-order valence-electron chi connectivity index (χ1n) is 2.72. The first-order valence-corrected chi connectivity index (χ1v) is 2.72. The van der Waals surface area contributed by atoms with Gasteiger partial charge >= 0.3 is 17.1 Å². The molecule has 0 aromatic carbocycles. The van der Waals surface area contributed by atoms with Gasteiger partial charge < -0.3 is 28.7 Å². The van der Waals surface area contributed by atoms with Crippen molar-refractivity contribution in [3.8, 4) is 0 Å². The van der Waals surface area contributed by atoms with Crippen LogP contribution in [0.15, 0.2) is 6.20 Å². The van der Waals surface area contributed by atoms with Gasteiger partial charge in [-0.1, -0.05) is 0 Å². The van der Waals surface area contributed by atoms with Gasteiger partial charge in [0.15, 0.2) is 0 Å². The zero-order valence-corrected chi connectivity index (χ0v) is 7.88. The van der Waals surface area contributed by atoms with Crippen LogP contribution in [0.1, 0.15) is 11.5 Å². The van der Waals surface area contributed by atoms with Gasteiger partial charge in [-0.25, -0.2) is 4.98 Å². The molecule has 0 spiro atoms. The number of H-pyrrole nitrogens is 1. The number of imidazole rings is 1. The number of aromatic nitrogens is 2. The summed E-state index contributed by atoms with van der Waals surface area (Å²) in [7, 11) is 0. The van der Waals surface area contributed by atoms with Gasteiger partial charge in [-0.2, -0.15) is 0 Å². The summed E-state index contributed by atoms with van der Waals surface area (Å²) in [4.78, 5) is 6.99. The minimum Gasteiger partial charge on any atom is -0.512 e. The van der Waals surface area contributed by atoms with Crippen molar-refractivity contribution in [2.75, 3.05) is 0 Å². The van der Waals surface area contributed by atoms with E-state index in [4.69, 9.17) is 23.7 Å². The minimum atomic E-state index is 0. The molecule has 4 nitrogen and oxygen atoms in total. The third kappa shape index (κ3) is 8.71. The number of aryl methyl sites for hydroxylation is 2. The molecule has 1 aromatic rings. The van der Waals surface area contributed by atoms with Gasteiger partial charge in [0.25, 0.3) is 0 Å². The fourth-order valence-corrected chi connectivity index (χ4v) is 0.544. The Morgan fingerprint density at radius 2 is 1.67 bits per heavy atom. The van der Waals surface area contributed by atoms with Crippen molar-refractivity contribution in [2.24, 2.45) is 0 Å². The van der Waals surface area contributed by atoms with Gasteiger partial charge in [0.2, 0.25) is 0 Å². The van der Waals surface area contributed by atoms with E-state index in [-0.39, 0.29) is 17.1 Å². The molecule has 0 aliphatic heterocycles. The van der Waals surface area contributed by atoms with Gasteiger partial charge in [0.1, 0.15) is 5.82 Å². The maximum atomic E-state index is 6.25. The number of hydrogen-bond acceptors (Lipinski definition) is 3. The zero-order chi connectivity index (χ0) is 9.28. The molecule has 1 heterocycles. The largest absolute Gasteiger partial charge is 2.00 e. The van der Waals surface area contributed by atoms with E-state index in [0.29, 0.717) is 0 Å². The Hall–Kier alpha value is -1.29. The quantitative estimate of drug-likeness (QED) is 0.509. The SMILES string of the molecule is Cc1cnc(C)[nH]1.[C-]#N.[C-]#N.[Fe+2]. The standard InChI is InChI=1S/C5H8N2.2CN.Fe/c1-4-3-6-5(2)7-4;2*1-2;/h3H,1-2H3,(H,6,7);;;/q;2*-1;+2.